The van der Waals surface area contributed by atoms with Crippen LogP contribution in [0.5, 0.6) is 5.75 Å². The summed E-state index contributed by atoms with van der Waals surface area (Å²) in [6.07, 6.45) is 2.47. The summed E-state index contributed by atoms with van der Waals surface area (Å²) in [5.74, 6) is 0.285. The zero-order chi connectivity index (χ0) is 14.4. The van der Waals surface area contributed by atoms with Gasteiger partial charge in [-0.3, -0.25) is 2.85 Å². The molecule has 0 aliphatic heterocycles. The van der Waals surface area contributed by atoms with E-state index < -0.39 is 8.38 Å². The largest absolute Gasteiger partial charge is 0.508 e. The number of phenols is 1. The quantitative estimate of drug-likeness (QED) is 0.407. The van der Waals surface area contributed by atoms with E-state index in [9.17, 15) is 5.11 Å². The Kier molecular flexibility index (Phi) is 6.51. The first kappa shape index (κ1) is 16.0. The van der Waals surface area contributed by atoms with E-state index in [0.29, 0.717) is 19.6 Å². The first-order chi connectivity index (χ1) is 9.74. The molecule has 0 bridgehead atoms. The summed E-state index contributed by atoms with van der Waals surface area (Å²) in [6, 6.07) is 7.34. The molecule has 0 fully saturated rings. The summed E-state index contributed by atoms with van der Waals surface area (Å²) in [6.45, 7) is 3.91. The Labute approximate surface area is 133 Å². The van der Waals surface area contributed by atoms with Crippen LogP contribution in [0.1, 0.15) is 6.92 Å². The van der Waals surface area contributed by atoms with E-state index in [1.165, 1.54) is 0 Å². The third-order valence-electron chi connectivity index (χ3n) is 2.78. The van der Waals surface area contributed by atoms with Gasteiger partial charge in [0.25, 0.3) is 0 Å². The first-order valence-electron chi connectivity index (χ1n) is 6.29. The molecular formula is C13H17INO4P. The number of phenolic OH excluding ortho intramolecular Hbond substituents is 1. The molecule has 0 saturated heterocycles. The highest BCUT2D eigenvalue weighted by molar-refractivity contribution is 14.1. The van der Waals surface area contributed by atoms with Crippen molar-refractivity contribution >= 4 is 42.3 Å². The minimum Gasteiger partial charge on any atom is -0.508 e. The van der Waals surface area contributed by atoms with Gasteiger partial charge in [-0.2, -0.15) is 0 Å². The van der Waals surface area contributed by atoms with Crippen molar-refractivity contribution in [3.63, 3.8) is 0 Å². The van der Waals surface area contributed by atoms with Crippen molar-refractivity contribution in [1.82, 2.24) is 4.57 Å². The average Bonchev–Trinajstić information content (AvgIpc) is 2.84. The predicted octanol–water partition coefficient (Wildman–Crippen LogP) is 4.04. The zero-order valence-electron chi connectivity index (χ0n) is 11.2. The van der Waals surface area contributed by atoms with Crippen molar-refractivity contribution in [3.8, 4) is 5.75 Å². The van der Waals surface area contributed by atoms with Gasteiger partial charge in [-0.05, 0) is 31.2 Å². The first-order valence-corrected chi connectivity index (χ1v) is 8.53. The van der Waals surface area contributed by atoms with Gasteiger partial charge in [-0.25, -0.2) is 0 Å². The molecule has 0 radical (unpaired) electrons. The SMILES string of the molecule is CCOP(COCCn1ccc2cc(O)ccc21)OI. The van der Waals surface area contributed by atoms with E-state index in [1.807, 2.05) is 48.3 Å². The van der Waals surface area contributed by atoms with E-state index >= 15 is 0 Å². The normalized spacial score (nSPS) is 12.9. The molecule has 0 amide bonds. The van der Waals surface area contributed by atoms with Gasteiger partial charge < -0.3 is 18.9 Å². The lowest BCUT2D eigenvalue weighted by Gasteiger charge is -2.13. The number of hydrogen-bond acceptors (Lipinski definition) is 4. The Hall–Kier alpha value is -0.400. The van der Waals surface area contributed by atoms with Crippen LogP contribution in [0.3, 0.4) is 0 Å². The lowest BCUT2D eigenvalue weighted by Crippen LogP contribution is -2.05. The molecule has 1 heterocycles. The van der Waals surface area contributed by atoms with Crippen molar-refractivity contribution in [2.75, 3.05) is 19.6 Å². The molecule has 5 nitrogen and oxygen atoms in total. The number of ether oxygens (including phenoxy) is 1. The third-order valence-corrected chi connectivity index (χ3v) is 5.19. The van der Waals surface area contributed by atoms with Gasteiger partial charge in [0.05, 0.1) is 13.2 Å². The molecule has 0 saturated carbocycles. The van der Waals surface area contributed by atoms with Crippen LogP contribution >= 0.6 is 31.4 Å². The molecule has 0 aliphatic rings. The van der Waals surface area contributed by atoms with E-state index in [4.69, 9.17) is 12.1 Å². The van der Waals surface area contributed by atoms with Gasteiger partial charge >= 0.3 is 0 Å². The van der Waals surface area contributed by atoms with Crippen LogP contribution in [0, 0.1) is 0 Å². The fourth-order valence-electron chi connectivity index (χ4n) is 1.91. The second kappa shape index (κ2) is 8.14. The average molecular weight is 409 g/mol. The number of rotatable bonds is 8. The van der Waals surface area contributed by atoms with Gasteiger partial charge in [0.2, 0.25) is 8.38 Å². The van der Waals surface area contributed by atoms with Gasteiger partial charge in [-0.15, -0.1) is 0 Å². The number of benzene rings is 1. The number of aromatic hydroxyl groups is 1. The molecule has 1 atom stereocenters. The Morgan fingerprint density at radius 3 is 2.95 bits per heavy atom. The highest BCUT2D eigenvalue weighted by Crippen LogP contribution is 2.40. The standard InChI is InChI=1S/C13H17INO4P/c1-2-18-20(19-14)10-17-8-7-15-6-5-11-9-12(16)3-4-13(11)15/h3-6,9,16H,2,7-8,10H2,1H3. The van der Waals surface area contributed by atoms with Crippen molar-refractivity contribution in [3.05, 3.63) is 30.5 Å². The highest BCUT2D eigenvalue weighted by atomic mass is 127. The summed E-state index contributed by atoms with van der Waals surface area (Å²) in [5.41, 5.74) is 1.09. The maximum atomic E-state index is 9.43. The topological polar surface area (TPSA) is 52.9 Å². The molecule has 20 heavy (non-hydrogen) atoms. The van der Waals surface area contributed by atoms with Crippen molar-refractivity contribution in [2.45, 2.75) is 13.5 Å². The van der Waals surface area contributed by atoms with Crippen LogP contribution in [-0.4, -0.2) is 29.2 Å². The molecule has 2 aromatic rings. The number of halogens is 1. The second-order valence-corrected chi connectivity index (χ2v) is 6.61. The second-order valence-electron chi connectivity index (χ2n) is 4.11. The number of aromatic nitrogens is 1. The molecule has 7 heteroatoms. The fraction of sp³-hybridized carbons (Fsp3) is 0.385. The number of nitrogens with zero attached hydrogens (tertiary/aromatic N) is 1. The molecule has 2 rings (SSSR count). The Balaban J connectivity index is 1.84. The molecule has 0 spiro atoms. The van der Waals surface area contributed by atoms with E-state index in [2.05, 4.69) is 4.57 Å². The Morgan fingerprint density at radius 1 is 1.35 bits per heavy atom. The van der Waals surface area contributed by atoms with Crippen LogP contribution < -0.4 is 0 Å². The Bertz CT molecular complexity index is 548. The monoisotopic (exact) mass is 409 g/mol. The van der Waals surface area contributed by atoms with Gasteiger partial charge in [-0.1, -0.05) is 0 Å². The summed E-state index contributed by atoms with van der Waals surface area (Å²) in [7, 11) is -0.944. The number of hydrogen-bond donors (Lipinski definition) is 1. The predicted molar refractivity (Wildman–Crippen MR) is 88.1 cm³/mol. The zero-order valence-corrected chi connectivity index (χ0v) is 14.2. The van der Waals surface area contributed by atoms with Gasteiger partial charge in [0, 0.05) is 23.6 Å². The van der Waals surface area contributed by atoms with Crippen LogP contribution in [0.15, 0.2) is 30.5 Å². The molecule has 1 unspecified atom stereocenters. The molecule has 1 aromatic heterocycles. The summed E-state index contributed by atoms with van der Waals surface area (Å²) in [4.78, 5) is 0. The van der Waals surface area contributed by atoms with Crippen molar-refractivity contribution in [1.29, 1.82) is 0 Å². The molecule has 110 valence electrons. The smallest absolute Gasteiger partial charge is 0.208 e. The van der Waals surface area contributed by atoms with Crippen LogP contribution in [0.2, 0.25) is 0 Å². The minimum atomic E-state index is -0.944. The van der Waals surface area contributed by atoms with E-state index in [-0.39, 0.29) is 5.75 Å². The van der Waals surface area contributed by atoms with E-state index in [0.717, 1.165) is 17.4 Å². The van der Waals surface area contributed by atoms with Crippen LogP contribution in [0.4, 0.5) is 0 Å². The molecular weight excluding hydrogens is 392 g/mol. The van der Waals surface area contributed by atoms with E-state index in [1.54, 1.807) is 12.1 Å². The maximum Gasteiger partial charge on any atom is 0.208 e. The van der Waals surface area contributed by atoms with Gasteiger partial charge in [0.15, 0.2) is 0 Å². The highest BCUT2D eigenvalue weighted by Gasteiger charge is 2.09. The summed E-state index contributed by atoms with van der Waals surface area (Å²) >= 11 is 1.84. The van der Waals surface area contributed by atoms with Gasteiger partial charge in [0.1, 0.15) is 35.1 Å². The maximum absolute atomic E-state index is 9.43. The van der Waals surface area contributed by atoms with Crippen molar-refractivity contribution in [2.24, 2.45) is 0 Å². The third kappa shape index (κ3) is 4.30. The molecule has 1 N–H and O–H groups in total. The summed E-state index contributed by atoms with van der Waals surface area (Å²) in [5, 5.41) is 10.5. The number of fused-ring (bicyclic) bond motifs is 1. The minimum absolute atomic E-state index is 0.285. The summed E-state index contributed by atoms with van der Waals surface area (Å²) < 4.78 is 18.2. The van der Waals surface area contributed by atoms with Crippen LogP contribution in [-0.2, 0) is 18.7 Å². The fourth-order valence-corrected chi connectivity index (χ4v) is 3.31. The molecule has 0 aliphatic carbocycles. The van der Waals surface area contributed by atoms with Crippen LogP contribution in [0.25, 0.3) is 10.9 Å². The van der Waals surface area contributed by atoms with Crippen molar-refractivity contribution < 1.29 is 17.2 Å². The Morgan fingerprint density at radius 2 is 2.20 bits per heavy atom. The lowest BCUT2D eigenvalue weighted by atomic mass is 10.2. The molecule has 1 aromatic carbocycles. The lowest BCUT2D eigenvalue weighted by molar-refractivity contribution is 0.157.